The van der Waals surface area contributed by atoms with Gasteiger partial charge in [0.25, 0.3) is 11.8 Å². The van der Waals surface area contributed by atoms with E-state index >= 15 is 0 Å². The number of carbonyl (C=O) groups excluding carboxylic acids is 2. The largest absolute Gasteiger partial charge is 0.497 e. The number of likely N-dealkylation sites (tertiary alicyclic amines) is 1. The monoisotopic (exact) mass is 396 g/mol. The first kappa shape index (κ1) is 19.1. The van der Waals surface area contributed by atoms with Crippen LogP contribution in [0, 0.1) is 0 Å². The maximum absolute atomic E-state index is 13.3. The minimum Gasteiger partial charge on any atom is -0.497 e. The van der Waals surface area contributed by atoms with Crippen molar-refractivity contribution in [3.05, 3.63) is 53.6 Å². The zero-order chi connectivity index (χ0) is 20.4. The molecule has 0 bridgehead atoms. The van der Waals surface area contributed by atoms with Crippen molar-refractivity contribution in [2.45, 2.75) is 18.4 Å². The molecule has 2 aromatic rings. The number of nitrogens with one attached hydrogen (secondary N) is 1. The van der Waals surface area contributed by atoms with E-state index in [1.807, 2.05) is 12.1 Å². The molecule has 2 amide bonds. The van der Waals surface area contributed by atoms with E-state index < -0.39 is 5.60 Å². The number of para-hydroxylation sites is 1. The van der Waals surface area contributed by atoms with E-state index in [2.05, 4.69) is 5.32 Å². The summed E-state index contributed by atoms with van der Waals surface area (Å²) in [6.45, 7) is 1.36. The lowest BCUT2D eigenvalue weighted by Crippen LogP contribution is -2.57. The van der Waals surface area contributed by atoms with Crippen molar-refractivity contribution >= 4 is 11.8 Å². The Balaban J connectivity index is 1.60. The van der Waals surface area contributed by atoms with Crippen LogP contribution in [0.15, 0.2) is 42.5 Å². The highest BCUT2D eigenvalue weighted by Gasteiger charge is 2.42. The maximum Gasteiger partial charge on any atom is 0.257 e. The van der Waals surface area contributed by atoms with Crippen LogP contribution in [0.3, 0.4) is 0 Å². The summed E-state index contributed by atoms with van der Waals surface area (Å²) in [6, 6.07) is 12.4. The van der Waals surface area contributed by atoms with Crippen molar-refractivity contribution in [1.29, 1.82) is 0 Å². The van der Waals surface area contributed by atoms with Gasteiger partial charge in [0, 0.05) is 12.6 Å². The Morgan fingerprint density at radius 3 is 2.79 bits per heavy atom. The van der Waals surface area contributed by atoms with Crippen molar-refractivity contribution < 1.29 is 23.8 Å². The van der Waals surface area contributed by atoms with Gasteiger partial charge in [0.2, 0.25) is 0 Å². The predicted molar refractivity (Wildman–Crippen MR) is 107 cm³/mol. The van der Waals surface area contributed by atoms with Gasteiger partial charge in [0.1, 0.15) is 22.8 Å². The molecule has 0 aromatic heterocycles. The quantitative estimate of drug-likeness (QED) is 0.863. The fraction of sp³-hybridized carbons (Fsp3) is 0.364. The minimum atomic E-state index is -0.657. The highest BCUT2D eigenvalue weighted by atomic mass is 16.5. The molecule has 2 heterocycles. The summed E-state index contributed by atoms with van der Waals surface area (Å²) in [7, 11) is 3.10. The fourth-order valence-corrected chi connectivity index (χ4v) is 3.99. The fourth-order valence-electron chi connectivity index (χ4n) is 3.99. The van der Waals surface area contributed by atoms with Crippen LogP contribution in [-0.2, 0) is 0 Å². The highest BCUT2D eigenvalue weighted by molar-refractivity contribution is 5.98. The third-order valence-corrected chi connectivity index (χ3v) is 5.50. The maximum atomic E-state index is 13.3. The van der Waals surface area contributed by atoms with Gasteiger partial charge in [-0.15, -0.1) is 0 Å². The van der Waals surface area contributed by atoms with Crippen LogP contribution >= 0.6 is 0 Å². The lowest BCUT2D eigenvalue weighted by atomic mass is 9.91. The van der Waals surface area contributed by atoms with Gasteiger partial charge in [-0.2, -0.15) is 0 Å². The van der Waals surface area contributed by atoms with Crippen molar-refractivity contribution in [2.75, 3.05) is 33.9 Å². The molecule has 1 N–H and O–H groups in total. The van der Waals surface area contributed by atoms with Gasteiger partial charge in [-0.1, -0.05) is 12.1 Å². The summed E-state index contributed by atoms with van der Waals surface area (Å²) < 4.78 is 17.0. The summed E-state index contributed by atoms with van der Waals surface area (Å²) in [5.41, 5.74) is 0.337. The topological polar surface area (TPSA) is 77.1 Å². The second-order valence-corrected chi connectivity index (χ2v) is 7.36. The summed E-state index contributed by atoms with van der Waals surface area (Å²) in [6.07, 6.45) is 1.54. The molecule has 0 saturated carbocycles. The molecule has 1 saturated heterocycles. The average molecular weight is 396 g/mol. The van der Waals surface area contributed by atoms with E-state index in [1.165, 1.54) is 7.11 Å². The van der Waals surface area contributed by atoms with E-state index in [-0.39, 0.29) is 11.8 Å². The van der Waals surface area contributed by atoms with Gasteiger partial charge in [0.15, 0.2) is 0 Å². The second kappa shape index (κ2) is 7.66. The van der Waals surface area contributed by atoms with Crippen LogP contribution in [0.4, 0.5) is 0 Å². The number of nitrogens with zero attached hydrogens (tertiary/aromatic N) is 1. The summed E-state index contributed by atoms with van der Waals surface area (Å²) in [5.74, 6) is 1.36. The van der Waals surface area contributed by atoms with Crippen LogP contribution in [0.5, 0.6) is 17.2 Å². The van der Waals surface area contributed by atoms with Gasteiger partial charge >= 0.3 is 0 Å². The molecule has 0 aliphatic carbocycles. The number of rotatable bonds is 3. The van der Waals surface area contributed by atoms with Crippen molar-refractivity contribution in [3.63, 3.8) is 0 Å². The van der Waals surface area contributed by atoms with Gasteiger partial charge < -0.3 is 24.4 Å². The lowest BCUT2D eigenvalue weighted by Gasteiger charge is -2.42. The number of ether oxygens (including phenoxy) is 3. The molecule has 152 valence electrons. The average Bonchev–Trinajstić information content (AvgIpc) is 2.89. The van der Waals surface area contributed by atoms with E-state index in [9.17, 15) is 9.59 Å². The van der Waals surface area contributed by atoms with Crippen molar-refractivity contribution in [2.24, 2.45) is 0 Å². The molecule has 7 heteroatoms. The molecular weight excluding hydrogens is 372 g/mol. The SMILES string of the molecule is COc1ccc(C(=O)N2CCC[C@]3(CNC(=O)c4ccccc4O3)C2)c(OC)c1. The Labute approximate surface area is 169 Å². The first-order valence-electron chi connectivity index (χ1n) is 9.63. The van der Waals surface area contributed by atoms with Gasteiger partial charge in [0.05, 0.1) is 38.4 Å². The standard InChI is InChI=1S/C22H24N2O5/c1-27-15-8-9-17(19(12-15)28-2)21(26)24-11-5-10-22(14-24)13-23-20(25)16-6-3-4-7-18(16)29-22/h3-4,6-9,12H,5,10-11,13-14H2,1-2H3,(H,23,25)/t22-/m0/s1. The van der Waals surface area contributed by atoms with Crippen LogP contribution in [-0.4, -0.2) is 56.2 Å². The molecule has 7 nitrogen and oxygen atoms in total. The molecule has 1 spiro atoms. The Bertz CT molecular complexity index is 945. The van der Waals surface area contributed by atoms with Crippen LogP contribution in [0.2, 0.25) is 0 Å². The third-order valence-electron chi connectivity index (χ3n) is 5.50. The molecule has 2 aromatic carbocycles. The van der Waals surface area contributed by atoms with E-state index in [0.29, 0.717) is 48.0 Å². The molecule has 2 aliphatic heterocycles. The van der Waals surface area contributed by atoms with Crippen LogP contribution < -0.4 is 19.5 Å². The van der Waals surface area contributed by atoms with Crippen molar-refractivity contribution in [3.8, 4) is 17.2 Å². The molecule has 29 heavy (non-hydrogen) atoms. The number of hydrogen-bond acceptors (Lipinski definition) is 5. The van der Waals surface area contributed by atoms with Gasteiger partial charge in [-0.3, -0.25) is 9.59 Å². The highest BCUT2D eigenvalue weighted by Crippen LogP contribution is 2.33. The van der Waals surface area contributed by atoms with Crippen molar-refractivity contribution in [1.82, 2.24) is 10.2 Å². The number of methoxy groups -OCH3 is 2. The zero-order valence-electron chi connectivity index (χ0n) is 16.6. The number of carbonyl (C=O) groups is 2. The third kappa shape index (κ3) is 3.60. The predicted octanol–water partition coefficient (Wildman–Crippen LogP) is 2.50. The smallest absolute Gasteiger partial charge is 0.257 e. The van der Waals surface area contributed by atoms with E-state index in [0.717, 1.165) is 12.8 Å². The zero-order valence-corrected chi connectivity index (χ0v) is 16.6. The van der Waals surface area contributed by atoms with E-state index in [4.69, 9.17) is 14.2 Å². The molecular formula is C22H24N2O5. The molecule has 0 radical (unpaired) electrons. The second-order valence-electron chi connectivity index (χ2n) is 7.36. The molecule has 0 unspecified atom stereocenters. The summed E-state index contributed by atoms with van der Waals surface area (Å²) in [4.78, 5) is 27.4. The number of hydrogen-bond donors (Lipinski definition) is 1. The van der Waals surface area contributed by atoms with E-state index in [1.54, 1.807) is 42.3 Å². The van der Waals surface area contributed by atoms with Crippen LogP contribution in [0.25, 0.3) is 0 Å². The van der Waals surface area contributed by atoms with Gasteiger partial charge in [-0.25, -0.2) is 0 Å². The normalized spacial score (nSPS) is 20.9. The minimum absolute atomic E-state index is 0.129. The number of amides is 2. The summed E-state index contributed by atoms with van der Waals surface area (Å²) in [5, 5.41) is 2.96. The number of piperidine rings is 1. The first-order chi connectivity index (χ1) is 14.0. The lowest BCUT2D eigenvalue weighted by molar-refractivity contribution is -0.000972. The summed E-state index contributed by atoms with van der Waals surface area (Å²) >= 11 is 0. The number of fused-ring (bicyclic) bond motifs is 1. The molecule has 1 atom stereocenters. The van der Waals surface area contributed by atoms with Gasteiger partial charge in [-0.05, 0) is 37.1 Å². The first-order valence-corrected chi connectivity index (χ1v) is 9.63. The van der Waals surface area contributed by atoms with Crippen LogP contribution in [0.1, 0.15) is 33.6 Å². The Kier molecular flexibility index (Phi) is 5.05. The Morgan fingerprint density at radius 2 is 2.00 bits per heavy atom. The molecule has 2 aliphatic rings. The molecule has 1 fully saturated rings. The Morgan fingerprint density at radius 1 is 1.17 bits per heavy atom. The molecule has 4 rings (SSSR count). The number of benzene rings is 2. The Hall–Kier alpha value is -3.22.